The predicted molar refractivity (Wildman–Crippen MR) is 71.9 cm³/mol. The second kappa shape index (κ2) is 5.36. The topological polar surface area (TPSA) is 65.9 Å². The molecule has 1 aromatic carbocycles. The summed E-state index contributed by atoms with van der Waals surface area (Å²) in [5, 5.41) is 8.89. The number of anilines is 2. The summed E-state index contributed by atoms with van der Waals surface area (Å²) in [4.78, 5) is 5.90. The number of halogens is 1. The molecule has 0 saturated carbocycles. The fraction of sp³-hybridized carbons (Fsp3) is 0.143. The van der Waals surface area contributed by atoms with Crippen molar-refractivity contribution in [2.24, 2.45) is 0 Å². The largest absolute Gasteiger partial charge is 0.396 e. The van der Waals surface area contributed by atoms with E-state index in [-0.39, 0.29) is 11.5 Å². The minimum Gasteiger partial charge on any atom is -0.396 e. The Kier molecular flexibility index (Phi) is 3.62. The van der Waals surface area contributed by atoms with Crippen LogP contribution < -0.4 is 10.6 Å². The third kappa shape index (κ3) is 2.80. The molecule has 0 spiro atoms. The summed E-state index contributed by atoms with van der Waals surface area (Å²) in [6.07, 6.45) is 0. The van der Waals surface area contributed by atoms with Crippen molar-refractivity contribution in [2.45, 2.75) is 6.54 Å². The van der Waals surface area contributed by atoms with Crippen LogP contribution in [0.4, 0.5) is 15.9 Å². The average molecular weight is 256 g/mol. The summed E-state index contributed by atoms with van der Waals surface area (Å²) < 4.78 is 13.6. The van der Waals surface area contributed by atoms with E-state index in [0.29, 0.717) is 23.6 Å². The lowest BCUT2D eigenvalue weighted by Crippen LogP contribution is -2.19. The Bertz CT molecular complexity index is 634. The lowest BCUT2D eigenvalue weighted by Gasteiger charge is -2.19. The maximum absolute atomic E-state index is 13.6. The summed E-state index contributed by atoms with van der Waals surface area (Å²) in [5.74, 6) is 0.319. The zero-order valence-corrected chi connectivity index (χ0v) is 10.5. The van der Waals surface area contributed by atoms with Gasteiger partial charge in [-0.05, 0) is 18.2 Å². The van der Waals surface area contributed by atoms with Crippen LogP contribution in [-0.2, 0) is 6.54 Å². The van der Waals surface area contributed by atoms with Gasteiger partial charge in [0, 0.05) is 19.2 Å². The number of pyridine rings is 1. The zero-order valence-electron chi connectivity index (χ0n) is 10.5. The second-order valence-electron chi connectivity index (χ2n) is 4.17. The van der Waals surface area contributed by atoms with Crippen LogP contribution >= 0.6 is 0 Å². The van der Waals surface area contributed by atoms with Gasteiger partial charge in [0.15, 0.2) is 5.69 Å². The van der Waals surface area contributed by atoms with E-state index in [4.69, 9.17) is 11.0 Å². The molecule has 1 aromatic heterocycles. The van der Waals surface area contributed by atoms with E-state index in [2.05, 4.69) is 4.98 Å². The molecule has 4 nitrogen and oxygen atoms in total. The van der Waals surface area contributed by atoms with E-state index in [1.807, 2.05) is 6.07 Å². The van der Waals surface area contributed by atoms with Crippen LogP contribution in [-0.4, -0.2) is 12.0 Å². The van der Waals surface area contributed by atoms with Crippen LogP contribution in [0.5, 0.6) is 0 Å². The molecule has 19 heavy (non-hydrogen) atoms. The summed E-state index contributed by atoms with van der Waals surface area (Å²) in [6.45, 7) is 0.370. The van der Waals surface area contributed by atoms with Crippen LogP contribution in [0.1, 0.15) is 11.3 Å². The number of aromatic nitrogens is 1. The second-order valence-corrected chi connectivity index (χ2v) is 4.17. The monoisotopic (exact) mass is 256 g/mol. The highest BCUT2D eigenvalue weighted by Crippen LogP contribution is 2.18. The van der Waals surface area contributed by atoms with Gasteiger partial charge < -0.3 is 10.6 Å². The fourth-order valence-electron chi connectivity index (χ4n) is 1.72. The third-order valence-electron chi connectivity index (χ3n) is 2.77. The molecule has 0 saturated heterocycles. The molecular weight excluding hydrogens is 243 g/mol. The molecule has 5 heteroatoms. The van der Waals surface area contributed by atoms with Crippen molar-refractivity contribution in [3.63, 3.8) is 0 Å². The number of nitrogens with two attached hydrogens (primary N) is 1. The van der Waals surface area contributed by atoms with E-state index >= 15 is 0 Å². The van der Waals surface area contributed by atoms with Crippen LogP contribution in [0.25, 0.3) is 0 Å². The summed E-state index contributed by atoms with van der Waals surface area (Å²) in [5.41, 5.74) is 6.70. The Labute approximate surface area is 110 Å². The molecule has 0 aliphatic heterocycles. The molecule has 0 amide bonds. The standard InChI is InChI=1S/C14H13FN4/c1-19(9-10-4-2-3-5-11(10)15)14-7-6-12(17)13(8-16)18-14/h2-7H,9,17H2,1H3. The minimum atomic E-state index is -0.259. The lowest BCUT2D eigenvalue weighted by molar-refractivity contribution is 0.607. The molecule has 0 radical (unpaired) electrons. The van der Waals surface area contributed by atoms with Gasteiger partial charge in [-0.2, -0.15) is 5.26 Å². The van der Waals surface area contributed by atoms with Gasteiger partial charge in [-0.3, -0.25) is 0 Å². The average Bonchev–Trinajstić information content (AvgIpc) is 2.42. The molecule has 0 atom stereocenters. The predicted octanol–water partition coefficient (Wildman–Crippen LogP) is 2.31. The number of nitrogens with zero attached hydrogens (tertiary/aromatic N) is 3. The van der Waals surface area contributed by atoms with E-state index in [9.17, 15) is 4.39 Å². The van der Waals surface area contributed by atoms with Crippen molar-refractivity contribution >= 4 is 11.5 Å². The van der Waals surface area contributed by atoms with Crippen molar-refractivity contribution in [3.05, 3.63) is 53.5 Å². The van der Waals surface area contributed by atoms with E-state index in [1.54, 1.807) is 42.3 Å². The lowest BCUT2D eigenvalue weighted by atomic mass is 10.2. The number of hydrogen-bond acceptors (Lipinski definition) is 4. The molecule has 0 unspecified atom stereocenters. The molecule has 2 rings (SSSR count). The van der Waals surface area contributed by atoms with E-state index in [0.717, 1.165) is 0 Å². The highest BCUT2D eigenvalue weighted by Gasteiger charge is 2.09. The molecule has 96 valence electrons. The van der Waals surface area contributed by atoms with Gasteiger partial charge in [-0.25, -0.2) is 9.37 Å². The van der Waals surface area contributed by atoms with Crippen molar-refractivity contribution in [3.8, 4) is 6.07 Å². The third-order valence-corrected chi connectivity index (χ3v) is 2.77. The number of hydrogen-bond donors (Lipinski definition) is 1. The van der Waals surface area contributed by atoms with Gasteiger partial charge in [0.25, 0.3) is 0 Å². The normalized spacial score (nSPS) is 9.95. The first-order valence-corrected chi connectivity index (χ1v) is 5.73. The number of benzene rings is 1. The first kappa shape index (κ1) is 12.8. The quantitative estimate of drug-likeness (QED) is 0.915. The Balaban J connectivity index is 2.24. The van der Waals surface area contributed by atoms with Crippen LogP contribution in [0.15, 0.2) is 36.4 Å². The van der Waals surface area contributed by atoms with Crippen molar-refractivity contribution in [1.29, 1.82) is 5.26 Å². The number of rotatable bonds is 3. The van der Waals surface area contributed by atoms with Crippen molar-refractivity contribution < 1.29 is 4.39 Å². The van der Waals surface area contributed by atoms with Gasteiger partial charge in [0.2, 0.25) is 0 Å². The first-order valence-electron chi connectivity index (χ1n) is 5.73. The first-order chi connectivity index (χ1) is 9.11. The van der Waals surface area contributed by atoms with Crippen molar-refractivity contribution in [1.82, 2.24) is 4.98 Å². The van der Waals surface area contributed by atoms with Crippen LogP contribution in [0.3, 0.4) is 0 Å². The van der Waals surface area contributed by atoms with E-state index in [1.165, 1.54) is 6.07 Å². The maximum Gasteiger partial charge on any atom is 0.165 e. The summed E-state index contributed by atoms with van der Waals surface area (Å²) >= 11 is 0. The van der Waals surface area contributed by atoms with Gasteiger partial charge >= 0.3 is 0 Å². The van der Waals surface area contributed by atoms with Gasteiger partial charge in [0.05, 0.1) is 5.69 Å². The Morgan fingerprint density at radius 3 is 2.74 bits per heavy atom. The molecule has 0 aliphatic carbocycles. The summed E-state index contributed by atoms with van der Waals surface area (Å²) in [7, 11) is 1.78. The molecule has 0 fully saturated rings. The summed E-state index contributed by atoms with van der Waals surface area (Å²) in [6, 6.07) is 11.8. The minimum absolute atomic E-state index is 0.179. The molecule has 2 N–H and O–H groups in total. The van der Waals surface area contributed by atoms with Gasteiger partial charge in [-0.1, -0.05) is 18.2 Å². The molecule has 0 aliphatic rings. The maximum atomic E-state index is 13.6. The Hall–Kier alpha value is -2.61. The molecule has 2 aromatic rings. The SMILES string of the molecule is CN(Cc1ccccc1F)c1ccc(N)c(C#N)n1. The highest BCUT2D eigenvalue weighted by atomic mass is 19.1. The number of nitrogen functional groups attached to an aromatic ring is 1. The Morgan fingerprint density at radius 1 is 1.32 bits per heavy atom. The molecule has 0 bridgehead atoms. The molecular formula is C14H13FN4. The highest BCUT2D eigenvalue weighted by molar-refractivity contribution is 5.55. The van der Waals surface area contributed by atoms with Crippen LogP contribution in [0, 0.1) is 17.1 Å². The van der Waals surface area contributed by atoms with Gasteiger partial charge in [0.1, 0.15) is 17.7 Å². The zero-order chi connectivity index (χ0) is 13.8. The van der Waals surface area contributed by atoms with Crippen molar-refractivity contribution in [2.75, 3.05) is 17.7 Å². The van der Waals surface area contributed by atoms with Crippen LogP contribution in [0.2, 0.25) is 0 Å². The molecule has 1 heterocycles. The van der Waals surface area contributed by atoms with Gasteiger partial charge in [-0.15, -0.1) is 0 Å². The smallest absolute Gasteiger partial charge is 0.165 e. The number of nitriles is 1. The fourth-order valence-corrected chi connectivity index (χ4v) is 1.72. The van der Waals surface area contributed by atoms with E-state index < -0.39 is 0 Å². The Morgan fingerprint density at radius 2 is 2.05 bits per heavy atom.